The number of nitrogens with one attached hydrogen (secondary N) is 1. The van der Waals surface area contributed by atoms with Gasteiger partial charge in [0.15, 0.2) is 0 Å². The molecule has 0 heterocycles. The SMILES string of the molecule is CC(NC(C)(C)C)c1ccccc1Cl. The van der Waals surface area contributed by atoms with Crippen LogP contribution in [0.5, 0.6) is 0 Å². The first kappa shape index (κ1) is 11.5. The van der Waals surface area contributed by atoms with Crippen molar-refractivity contribution in [2.24, 2.45) is 0 Å². The van der Waals surface area contributed by atoms with Crippen LogP contribution in [0.15, 0.2) is 24.3 Å². The first-order valence-corrected chi connectivity index (χ1v) is 5.30. The molecule has 0 bridgehead atoms. The van der Waals surface area contributed by atoms with Crippen molar-refractivity contribution in [2.75, 3.05) is 0 Å². The second kappa shape index (κ2) is 4.33. The van der Waals surface area contributed by atoms with Crippen LogP contribution in [-0.4, -0.2) is 5.54 Å². The highest BCUT2D eigenvalue weighted by Crippen LogP contribution is 2.23. The topological polar surface area (TPSA) is 12.0 Å². The highest BCUT2D eigenvalue weighted by atomic mass is 35.5. The van der Waals surface area contributed by atoms with E-state index in [2.05, 4.69) is 39.1 Å². The lowest BCUT2D eigenvalue weighted by Gasteiger charge is -2.26. The summed E-state index contributed by atoms with van der Waals surface area (Å²) < 4.78 is 0. The molecule has 0 fully saturated rings. The lowest BCUT2D eigenvalue weighted by Crippen LogP contribution is -2.37. The monoisotopic (exact) mass is 211 g/mol. The third-order valence-corrected chi connectivity index (χ3v) is 2.37. The van der Waals surface area contributed by atoms with Gasteiger partial charge in [0.1, 0.15) is 0 Å². The predicted octanol–water partition coefficient (Wildman–Crippen LogP) is 3.79. The van der Waals surface area contributed by atoms with Crippen LogP contribution in [0.1, 0.15) is 39.3 Å². The van der Waals surface area contributed by atoms with Crippen LogP contribution in [0.3, 0.4) is 0 Å². The standard InChI is InChI=1S/C12H18ClN/c1-9(14-12(2,3)4)10-7-5-6-8-11(10)13/h5-9,14H,1-4H3. The summed E-state index contributed by atoms with van der Waals surface area (Å²) in [5.74, 6) is 0. The number of benzene rings is 1. The number of rotatable bonds is 2. The van der Waals surface area contributed by atoms with Crippen molar-refractivity contribution in [3.63, 3.8) is 0 Å². The van der Waals surface area contributed by atoms with Crippen molar-refractivity contribution < 1.29 is 0 Å². The van der Waals surface area contributed by atoms with Crippen LogP contribution in [0.25, 0.3) is 0 Å². The minimum atomic E-state index is 0.110. The van der Waals surface area contributed by atoms with Gasteiger partial charge in [0.2, 0.25) is 0 Å². The molecule has 0 radical (unpaired) electrons. The molecule has 0 saturated carbocycles. The summed E-state index contributed by atoms with van der Waals surface area (Å²) in [6.45, 7) is 8.59. The van der Waals surface area contributed by atoms with Gasteiger partial charge in [0.25, 0.3) is 0 Å². The largest absolute Gasteiger partial charge is 0.305 e. The number of hydrogen-bond acceptors (Lipinski definition) is 1. The van der Waals surface area contributed by atoms with Gasteiger partial charge in [-0.1, -0.05) is 29.8 Å². The number of halogens is 1. The second-order valence-electron chi connectivity index (χ2n) is 4.64. The summed E-state index contributed by atoms with van der Waals surface area (Å²) in [6.07, 6.45) is 0. The van der Waals surface area contributed by atoms with Crippen LogP contribution in [0.2, 0.25) is 5.02 Å². The highest BCUT2D eigenvalue weighted by molar-refractivity contribution is 6.31. The Bertz CT molecular complexity index is 301. The summed E-state index contributed by atoms with van der Waals surface area (Å²) in [5.41, 5.74) is 1.27. The van der Waals surface area contributed by atoms with Crippen molar-refractivity contribution >= 4 is 11.6 Å². The Hall–Kier alpha value is -0.530. The highest BCUT2D eigenvalue weighted by Gasteiger charge is 2.16. The summed E-state index contributed by atoms with van der Waals surface area (Å²) in [5, 5.41) is 4.32. The molecule has 14 heavy (non-hydrogen) atoms. The molecule has 1 aromatic rings. The summed E-state index contributed by atoms with van der Waals surface area (Å²) in [4.78, 5) is 0. The lowest BCUT2D eigenvalue weighted by atomic mass is 10.0. The van der Waals surface area contributed by atoms with Crippen LogP contribution < -0.4 is 5.32 Å². The number of hydrogen-bond donors (Lipinski definition) is 1. The van der Waals surface area contributed by atoms with Gasteiger partial charge in [0.05, 0.1) is 0 Å². The molecular formula is C12H18ClN. The van der Waals surface area contributed by atoms with Crippen LogP contribution in [0, 0.1) is 0 Å². The van der Waals surface area contributed by atoms with Gasteiger partial charge >= 0.3 is 0 Å². The quantitative estimate of drug-likeness (QED) is 0.785. The minimum absolute atomic E-state index is 0.110. The smallest absolute Gasteiger partial charge is 0.0453 e. The molecular weight excluding hydrogens is 194 g/mol. The molecule has 1 N–H and O–H groups in total. The van der Waals surface area contributed by atoms with Crippen molar-refractivity contribution in [3.8, 4) is 0 Å². The third kappa shape index (κ3) is 3.32. The van der Waals surface area contributed by atoms with E-state index in [1.54, 1.807) is 0 Å². The molecule has 0 saturated heterocycles. The Labute approximate surface area is 91.5 Å². The Kier molecular flexibility index (Phi) is 3.57. The van der Waals surface area contributed by atoms with Crippen LogP contribution >= 0.6 is 11.6 Å². The molecule has 78 valence electrons. The van der Waals surface area contributed by atoms with E-state index in [1.165, 1.54) is 0 Å². The van der Waals surface area contributed by atoms with Crippen molar-refractivity contribution in [3.05, 3.63) is 34.9 Å². The second-order valence-corrected chi connectivity index (χ2v) is 5.04. The van der Waals surface area contributed by atoms with Crippen molar-refractivity contribution in [1.29, 1.82) is 0 Å². The Morgan fingerprint density at radius 3 is 2.29 bits per heavy atom. The van der Waals surface area contributed by atoms with Gasteiger partial charge in [-0.15, -0.1) is 0 Å². The van der Waals surface area contributed by atoms with Gasteiger partial charge in [-0.2, -0.15) is 0 Å². The third-order valence-electron chi connectivity index (χ3n) is 2.02. The van der Waals surface area contributed by atoms with Gasteiger partial charge in [-0.05, 0) is 39.3 Å². The maximum atomic E-state index is 6.11. The summed E-state index contributed by atoms with van der Waals surface area (Å²) >= 11 is 6.11. The normalized spacial score (nSPS) is 14.1. The average Bonchev–Trinajstić information content (AvgIpc) is 2.01. The zero-order valence-electron chi connectivity index (χ0n) is 9.26. The molecule has 1 rings (SSSR count). The first-order valence-electron chi connectivity index (χ1n) is 4.92. The van der Waals surface area contributed by atoms with E-state index in [1.807, 2.05) is 18.2 Å². The van der Waals surface area contributed by atoms with Crippen molar-refractivity contribution in [1.82, 2.24) is 5.32 Å². The summed E-state index contributed by atoms with van der Waals surface area (Å²) in [7, 11) is 0. The summed E-state index contributed by atoms with van der Waals surface area (Å²) in [6, 6.07) is 8.24. The molecule has 0 aliphatic rings. The van der Waals surface area contributed by atoms with Crippen LogP contribution in [0.4, 0.5) is 0 Å². The van der Waals surface area contributed by atoms with Gasteiger partial charge in [-0.3, -0.25) is 0 Å². The predicted molar refractivity (Wildman–Crippen MR) is 62.8 cm³/mol. The van der Waals surface area contributed by atoms with Crippen LogP contribution in [-0.2, 0) is 0 Å². The molecule has 0 aromatic heterocycles. The van der Waals surface area contributed by atoms with E-state index in [4.69, 9.17) is 11.6 Å². The maximum Gasteiger partial charge on any atom is 0.0453 e. The fourth-order valence-electron chi connectivity index (χ4n) is 1.55. The molecule has 0 aliphatic heterocycles. The maximum absolute atomic E-state index is 6.11. The van der Waals surface area contributed by atoms with E-state index in [9.17, 15) is 0 Å². The van der Waals surface area contributed by atoms with E-state index in [-0.39, 0.29) is 11.6 Å². The molecule has 1 unspecified atom stereocenters. The van der Waals surface area contributed by atoms with E-state index < -0.39 is 0 Å². The molecule has 1 atom stereocenters. The Morgan fingerprint density at radius 2 is 1.79 bits per heavy atom. The fourth-order valence-corrected chi connectivity index (χ4v) is 1.85. The Morgan fingerprint density at radius 1 is 1.21 bits per heavy atom. The van der Waals surface area contributed by atoms with Crippen molar-refractivity contribution in [2.45, 2.75) is 39.3 Å². The fraction of sp³-hybridized carbons (Fsp3) is 0.500. The van der Waals surface area contributed by atoms with Gasteiger partial charge < -0.3 is 5.32 Å². The zero-order chi connectivity index (χ0) is 10.8. The van der Waals surface area contributed by atoms with E-state index >= 15 is 0 Å². The molecule has 0 spiro atoms. The molecule has 1 aromatic carbocycles. The molecule has 0 aliphatic carbocycles. The first-order chi connectivity index (χ1) is 6.40. The Balaban J connectivity index is 2.80. The molecule has 2 heteroatoms. The van der Waals surface area contributed by atoms with Gasteiger partial charge in [0, 0.05) is 16.6 Å². The average molecular weight is 212 g/mol. The molecule has 1 nitrogen and oxygen atoms in total. The lowest BCUT2D eigenvalue weighted by molar-refractivity contribution is 0.378. The van der Waals surface area contributed by atoms with E-state index in [0.29, 0.717) is 0 Å². The molecule has 0 amide bonds. The van der Waals surface area contributed by atoms with Gasteiger partial charge in [-0.25, -0.2) is 0 Å². The minimum Gasteiger partial charge on any atom is -0.305 e. The van der Waals surface area contributed by atoms with E-state index in [0.717, 1.165) is 10.6 Å². The zero-order valence-corrected chi connectivity index (χ0v) is 10.0.